The molecule has 0 aliphatic rings. The molecule has 1 heterocycles. The van der Waals surface area contributed by atoms with Gasteiger partial charge in [-0.3, -0.25) is 4.57 Å². The highest BCUT2D eigenvalue weighted by molar-refractivity contribution is 14.1. The van der Waals surface area contributed by atoms with Crippen LogP contribution >= 0.6 is 22.6 Å². The van der Waals surface area contributed by atoms with Crippen LogP contribution in [0.5, 0.6) is 0 Å². The lowest BCUT2D eigenvalue weighted by atomic mass is 10.2. The van der Waals surface area contributed by atoms with E-state index in [9.17, 15) is 0 Å². The van der Waals surface area contributed by atoms with E-state index in [-0.39, 0.29) is 0 Å². The molecule has 0 radical (unpaired) electrons. The van der Waals surface area contributed by atoms with E-state index in [1.54, 1.807) is 12.1 Å². The predicted molar refractivity (Wildman–Crippen MR) is 82.9 cm³/mol. The molecule has 0 atom stereocenters. The standard InChI is InChI=1S/C14H9IN4/c15-10-3-6-13-12(7-10)18-14(17)19(13)11-4-1-9(8-16)2-5-11/h1-7H,(H2,17,18). The number of hydrogen-bond acceptors (Lipinski definition) is 3. The molecule has 19 heavy (non-hydrogen) atoms. The third-order valence-electron chi connectivity index (χ3n) is 2.90. The van der Waals surface area contributed by atoms with Crippen LogP contribution in [0.3, 0.4) is 0 Å². The molecule has 0 bridgehead atoms. The zero-order valence-electron chi connectivity index (χ0n) is 9.84. The minimum absolute atomic E-state index is 0.446. The van der Waals surface area contributed by atoms with Crippen molar-refractivity contribution in [1.82, 2.24) is 9.55 Å². The molecular weight excluding hydrogens is 351 g/mol. The first-order valence-electron chi connectivity index (χ1n) is 5.63. The monoisotopic (exact) mass is 360 g/mol. The number of hydrogen-bond donors (Lipinski definition) is 1. The van der Waals surface area contributed by atoms with Crippen LogP contribution in [0, 0.1) is 14.9 Å². The van der Waals surface area contributed by atoms with Gasteiger partial charge in [0.15, 0.2) is 0 Å². The Bertz CT molecular complexity index is 797. The molecule has 3 aromatic rings. The Labute approximate surface area is 123 Å². The summed E-state index contributed by atoms with van der Waals surface area (Å²) in [7, 11) is 0. The molecule has 0 saturated carbocycles. The normalized spacial score (nSPS) is 10.5. The Morgan fingerprint density at radius 1 is 1.16 bits per heavy atom. The van der Waals surface area contributed by atoms with Gasteiger partial charge >= 0.3 is 0 Å². The van der Waals surface area contributed by atoms with Crippen molar-refractivity contribution in [1.29, 1.82) is 5.26 Å². The van der Waals surface area contributed by atoms with Gasteiger partial charge in [0.1, 0.15) is 0 Å². The van der Waals surface area contributed by atoms with E-state index in [1.807, 2.05) is 34.9 Å². The molecule has 0 aliphatic heterocycles. The number of nitrogen functional groups attached to an aromatic ring is 1. The van der Waals surface area contributed by atoms with Crippen molar-refractivity contribution in [2.45, 2.75) is 0 Å². The molecule has 0 saturated heterocycles. The Kier molecular flexibility index (Phi) is 2.87. The summed E-state index contributed by atoms with van der Waals surface area (Å²) >= 11 is 2.25. The van der Waals surface area contributed by atoms with Gasteiger partial charge in [0.25, 0.3) is 0 Å². The fourth-order valence-corrected chi connectivity index (χ4v) is 2.50. The van der Waals surface area contributed by atoms with Crippen LogP contribution in [-0.4, -0.2) is 9.55 Å². The molecule has 2 N–H and O–H groups in total. The number of fused-ring (bicyclic) bond motifs is 1. The van der Waals surface area contributed by atoms with E-state index in [1.165, 1.54) is 0 Å². The van der Waals surface area contributed by atoms with E-state index >= 15 is 0 Å². The molecule has 0 aliphatic carbocycles. The van der Waals surface area contributed by atoms with Crippen molar-refractivity contribution in [2.75, 3.05) is 5.73 Å². The molecule has 92 valence electrons. The summed E-state index contributed by atoms with van der Waals surface area (Å²) in [6.07, 6.45) is 0. The van der Waals surface area contributed by atoms with E-state index in [0.717, 1.165) is 20.3 Å². The van der Waals surface area contributed by atoms with Gasteiger partial charge in [-0.15, -0.1) is 0 Å². The van der Waals surface area contributed by atoms with E-state index in [4.69, 9.17) is 11.0 Å². The van der Waals surface area contributed by atoms with Crippen LogP contribution in [0.4, 0.5) is 5.95 Å². The molecule has 0 unspecified atom stereocenters. The number of rotatable bonds is 1. The molecule has 5 heteroatoms. The summed E-state index contributed by atoms with van der Waals surface area (Å²) in [6, 6.07) is 15.4. The van der Waals surface area contributed by atoms with Crippen molar-refractivity contribution < 1.29 is 0 Å². The third kappa shape index (κ3) is 2.04. The first kappa shape index (κ1) is 12.0. The van der Waals surface area contributed by atoms with Gasteiger partial charge in [-0.05, 0) is 65.1 Å². The fourth-order valence-electron chi connectivity index (χ4n) is 2.03. The lowest BCUT2D eigenvalue weighted by molar-refractivity contribution is 1.11. The van der Waals surface area contributed by atoms with Crippen LogP contribution in [0.1, 0.15) is 5.56 Å². The summed E-state index contributed by atoms with van der Waals surface area (Å²) in [5, 5.41) is 8.82. The van der Waals surface area contributed by atoms with Crippen molar-refractivity contribution in [3.05, 3.63) is 51.6 Å². The van der Waals surface area contributed by atoms with E-state index in [0.29, 0.717) is 11.5 Å². The first-order valence-corrected chi connectivity index (χ1v) is 6.71. The molecule has 0 amide bonds. The van der Waals surface area contributed by atoms with Crippen molar-refractivity contribution >= 4 is 39.6 Å². The number of nitriles is 1. The van der Waals surface area contributed by atoms with Gasteiger partial charge in [-0.1, -0.05) is 0 Å². The van der Waals surface area contributed by atoms with Crippen LogP contribution in [0.25, 0.3) is 16.7 Å². The summed E-state index contributed by atoms with van der Waals surface area (Å²) < 4.78 is 3.00. The summed E-state index contributed by atoms with van der Waals surface area (Å²) in [4.78, 5) is 4.36. The van der Waals surface area contributed by atoms with Gasteiger partial charge in [-0.25, -0.2) is 4.98 Å². The largest absolute Gasteiger partial charge is 0.369 e. The maximum Gasteiger partial charge on any atom is 0.205 e. The maximum atomic E-state index is 8.82. The second-order valence-electron chi connectivity index (χ2n) is 4.10. The molecular formula is C14H9IN4. The van der Waals surface area contributed by atoms with Crippen LogP contribution in [0.2, 0.25) is 0 Å². The van der Waals surface area contributed by atoms with Crippen molar-refractivity contribution in [3.8, 4) is 11.8 Å². The molecule has 0 fully saturated rings. The zero-order chi connectivity index (χ0) is 13.4. The van der Waals surface area contributed by atoms with Gasteiger partial charge in [-0.2, -0.15) is 5.26 Å². The molecule has 3 rings (SSSR count). The number of nitrogens with zero attached hydrogens (tertiary/aromatic N) is 3. The van der Waals surface area contributed by atoms with E-state index < -0.39 is 0 Å². The highest BCUT2D eigenvalue weighted by Crippen LogP contribution is 2.24. The Hall–Kier alpha value is -2.07. The highest BCUT2D eigenvalue weighted by Gasteiger charge is 2.10. The molecule has 1 aromatic heterocycles. The topological polar surface area (TPSA) is 67.6 Å². The minimum atomic E-state index is 0.446. The molecule has 0 spiro atoms. The maximum absolute atomic E-state index is 8.82. The number of halogens is 1. The van der Waals surface area contributed by atoms with E-state index in [2.05, 4.69) is 33.6 Å². The van der Waals surface area contributed by atoms with Gasteiger partial charge in [0, 0.05) is 9.26 Å². The number of aromatic nitrogens is 2. The van der Waals surface area contributed by atoms with Crippen LogP contribution in [-0.2, 0) is 0 Å². The van der Waals surface area contributed by atoms with Gasteiger partial charge in [0.05, 0.1) is 22.7 Å². The number of benzene rings is 2. The fraction of sp³-hybridized carbons (Fsp3) is 0. The second-order valence-corrected chi connectivity index (χ2v) is 5.34. The summed E-state index contributed by atoms with van der Waals surface area (Å²) in [5.41, 5.74) is 9.35. The Morgan fingerprint density at radius 2 is 1.89 bits per heavy atom. The minimum Gasteiger partial charge on any atom is -0.369 e. The first-order chi connectivity index (χ1) is 9.19. The Morgan fingerprint density at radius 3 is 2.58 bits per heavy atom. The van der Waals surface area contributed by atoms with Crippen LogP contribution in [0.15, 0.2) is 42.5 Å². The summed E-state index contributed by atoms with van der Waals surface area (Å²) in [5.74, 6) is 0.446. The van der Waals surface area contributed by atoms with Crippen molar-refractivity contribution in [3.63, 3.8) is 0 Å². The lowest BCUT2D eigenvalue weighted by Gasteiger charge is -2.06. The SMILES string of the molecule is N#Cc1ccc(-n2c(N)nc3cc(I)ccc32)cc1. The average Bonchev–Trinajstić information content (AvgIpc) is 2.74. The van der Waals surface area contributed by atoms with Crippen LogP contribution < -0.4 is 5.73 Å². The smallest absolute Gasteiger partial charge is 0.205 e. The predicted octanol–water partition coefficient (Wildman–Crippen LogP) is 3.08. The Balaban J connectivity index is 2.24. The molecule has 2 aromatic carbocycles. The quantitative estimate of drug-likeness (QED) is 0.679. The number of imidazole rings is 1. The summed E-state index contributed by atoms with van der Waals surface area (Å²) in [6.45, 7) is 0. The lowest BCUT2D eigenvalue weighted by Crippen LogP contribution is -2.00. The number of nitrogens with two attached hydrogens (primary N) is 1. The van der Waals surface area contributed by atoms with Gasteiger partial charge in [0.2, 0.25) is 5.95 Å². The molecule has 4 nitrogen and oxygen atoms in total. The third-order valence-corrected chi connectivity index (χ3v) is 3.57. The average molecular weight is 360 g/mol. The van der Waals surface area contributed by atoms with Crippen molar-refractivity contribution in [2.24, 2.45) is 0 Å². The number of anilines is 1. The zero-order valence-corrected chi connectivity index (χ0v) is 12.0. The highest BCUT2D eigenvalue weighted by atomic mass is 127. The van der Waals surface area contributed by atoms with Gasteiger partial charge < -0.3 is 5.73 Å². The second kappa shape index (κ2) is 4.55.